The second-order valence-electron chi connectivity index (χ2n) is 14.6. The molecule has 0 aliphatic heterocycles. The Morgan fingerprint density at radius 3 is 2.37 bits per heavy atom. The molecule has 220 valence electrons. The molecule has 4 saturated carbocycles. The van der Waals surface area contributed by atoms with E-state index in [1.54, 1.807) is 6.92 Å². The summed E-state index contributed by atoms with van der Waals surface area (Å²) >= 11 is 0. The molecule has 1 unspecified atom stereocenters. The number of hydrogen-bond donors (Lipinski definition) is 2. The lowest BCUT2D eigenvalue weighted by Gasteiger charge is -2.69. The number of aliphatic hydroxyl groups excluding tert-OH is 1. The van der Waals surface area contributed by atoms with Gasteiger partial charge in [0.2, 0.25) is 0 Å². The average Bonchev–Trinajstić information content (AvgIpc) is 3.17. The van der Waals surface area contributed by atoms with Crippen molar-refractivity contribution in [2.24, 2.45) is 45.7 Å². The highest BCUT2D eigenvalue weighted by atomic mass is 16.5. The van der Waals surface area contributed by atoms with Crippen LogP contribution in [0.25, 0.3) is 16.3 Å². The van der Waals surface area contributed by atoms with Gasteiger partial charge in [-0.15, -0.1) is 0 Å². The third-order valence-electron chi connectivity index (χ3n) is 12.8. The molecule has 0 heterocycles. The number of carbonyl (C=O) groups is 2. The molecule has 5 nitrogen and oxygen atoms in total. The summed E-state index contributed by atoms with van der Waals surface area (Å²) in [6.07, 6.45) is 4.69. The van der Waals surface area contributed by atoms with Gasteiger partial charge in [-0.05, 0) is 113 Å². The zero-order chi connectivity index (χ0) is 29.5. The Hall–Kier alpha value is -2.50. The first kappa shape index (κ1) is 28.6. The minimum atomic E-state index is -0.451. The molecule has 0 bridgehead atoms. The first-order valence-corrected chi connectivity index (χ1v) is 15.7. The van der Waals surface area contributed by atoms with Crippen molar-refractivity contribution >= 4 is 28.1 Å². The first-order valence-electron chi connectivity index (χ1n) is 15.7. The molecular formula is C36H47NO4. The number of Topliss-reactive ketones (excluding diaryl/α,β-unsaturated/α-hetero) is 1. The molecule has 3 N–H and O–H groups in total. The van der Waals surface area contributed by atoms with Crippen LogP contribution in [-0.2, 0) is 14.3 Å². The van der Waals surface area contributed by atoms with E-state index in [2.05, 4.69) is 52.0 Å². The highest BCUT2D eigenvalue weighted by Gasteiger charge is 2.70. The normalized spacial score (nSPS) is 43.1. The standard InChI is InChI=1S/C36H47NO4/c1-20-26-13-16-35(5)33(34(26,4)15-14-29(20)40)28(37)18-27-32(30(41-22(3)39)19-36(27,35)6)31(21(2)38)25-12-11-23-9-7-8-10-24(23)17-25/h7-12,17,20,26-30,33,40H,13-16,18-19,37H2,1-6H3/b32-31+/t20-,26-,27?,28+,29+,30-,33-,34-,35-,36-/m0/s1. The Balaban J connectivity index is 1.52. The fourth-order valence-corrected chi connectivity index (χ4v) is 10.9. The predicted molar refractivity (Wildman–Crippen MR) is 163 cm³/mol. The van der Waals surface area contributed by atoms with Crippen LogP contribution >= 0.6 is 0 Å². The average molecular weight is 558 g/mol. The lowest BCUT2D eigenvalue weighted by molar-refractivity contribution is -0.204. The summed E-state index contributed by atoms with van der Waals surface area (Å²) in [6.45, 7) is 12.6. The number of ketones is 1. The first-order chi connectivity index (χ1) is 19.3. The molecule has 0 saturated heterocycles. The molecule has 10 atom stereocenters. The van der Waals surface area contributed by atoms with Crippen LogP contribution in [0.4, 0.5) is 0 Å². The van der Waals surface area contributed by atoms with E-state index in [0.717, 1.165) is 54.0 Å². The van der Waals surface area contributed by atoms with Gasteiger partial charge in [-0.2, -0.15) is 0 Å². The molecular weight excluding hydrogens is 510 g/mol. The summed E-state index contributed by atoms with van der Waals surface area (Å²) in [7, 11) is 0. The Morgan fingerprint density at radius 2 is 1.68 bits per heavy atom. The Morgan fingerprint density at radius 1 is 0.976 bits per heavy atom. The van der Waals surface area contributed by atoms with E-state index >= 15 is 0 Å². The van der Waals surface area contributed by atoms with E-state index in [1.807, 2.05) is 18.2 Å². The van der Waals surface area contributed by atoms with Crippen LogP contribution in [0.15, 0.2) is 48.0 Å². The minimum absolute atomic E-state index is 0.00305. The van der Waals surface area contributed by atoms with Gasteiger partial charge in [-0.1, -0.05) is 64.1 Å². The third-order valence-corrected chi connectivity index (χ3v) is 12.8. The number of nitrogens with two attached hydrogens (primary N) is 1. The topological polar surface area (TPSA) is 89.6 Å². The fourth-order valence-electron chi connectivity index (χ4n) is 10.9. The van der Waals surface area contributed by atoms with Crippen LogP contribution in [0.1, 0.15) is 85.6 Å². The zero-order valence-electron chi connectivity index (χ0n) is 25.6. The Kier molecular flexibility index (Phi) is 6.82. The van der Waals surface area contributed by atoms with Crippen LogP contribution in [0.5, 0.6) is 0 Å². The van der Waals surface area contributed by atoms with E-state index < -0.39 is 6.10 Å². The maximum atomic E-state index is 13.6. The van der Waals surface area contributed by atoms with Crippen LogP contribution in [0, 0.1) is 39.9 Å². The van der Waals surface area contributed by atoms with Gasteiger partial charge < -0.3 is 15.6 Å². The summed E-state index contributed by atoms with van der Waals surface area (Å²) in [5.41, 5.74) is 9.61. The number of ether oxygens (including phenoxy) is 1. The van der Waals surface area contributed by atoms with E-state index in [1.165, 1.54) is 6.92 Å². The molecule has 0 aromatic heterocycles. The monoisotopic (exact) mass is 557 g/mol. The molecule has 5 heteroatoms. The number of carbonyl (C=O) groups excluding carboxylic acids is 2. The zero-order valence-corrected chi connectivity index (χ0v) is 25.6. The van der Waals surface area contributed by atoms with E-state index in [0.29, 0.717) is 23.8 Å². The van der Waals surface area contributed by atoms with Crippen LogP contribution < -0.4 is 5.73 Å². The number of benzene rings is 2. The van der Waals surface area contributed by atoms with Crippen molar-refractivity contribution in [1.82, 2.24) is 0 Å². The third kappa shape index (κ3) is 4.09. The number of fused-ring (bicyclic) bond motifs is 6. The molecule has 0 radical (unpaired) electrons. The van der Waals surface area contributed by atoms with E-state index in [9.17, 15) is 14.7 Å². The maximum Gasteiger partial charge on any atom is 0.303 e. The molecule has 2 aromatic rings. The Labute approximate surface area is 244 Å². The number of esters is 1. The lowest BCUT2D eigenvalue weighted by atomic mass is 9.36. The molecule has 6 rings (SSSR count). The summed E-state index contributed by atoms with van der Waals surface area (Å²) in [5, 5.41) is 13.0. The van der Waals surface area contributed by atoms with Crippen molar-refractivity contribution in [1.29, 1.82) is 0 Å². The smallest absolute Gasteiger partial charge is 0.303 e. The lowest BCUT2D eigenvalue weighted by Crippen LogP contribution is -2.67. The highest BCUT2D eigenvalue weighted by molar-refractivity contribution is 6.21. The van der Waals surface area contributed by atoms with Gasteiger partial charge in [-0.3, -0.25) is 9.59 Å². The van der Waals surface area contributed by atoms with Crippen LogP contribution in [-0.4, -0.2) is 35.1 Å². The molecule has 4 aliphatic rings. The highest BCUT2D eigenvalue weighted by Crippen LogP contribution is 2.74. The number of allylic oxidation sites excluding steroid dienone is 1. The quantitative estimate of drug-likeness (QED) is 0.324. The van der Waals surface area contributed by atoms with Gasteiger partial charge in [-0.25, -0.2) is 0 Å². The van der Waals surface area contributed by atoms with Gasteiger partial charge >= 0.3 is 5.97 Å². The van der Waals surface area contributed by atoms with Gasteiger partial charge in [0.1, 0.15) is 6.10 Å². The number of rotatable bonds is 3. The van der Waals surface area contributed by atoms with E-state index in [4.69, 9.17) is 10.5 Å². The summed E-state index contributed by atoms with van der Waals surface area (Å²) in [5.74, 6) is 0.739. The molecule has 41 heavy (non-hydrogen) atoms. The maximum absolute atomic E-state index is 13.6. The summed E-state index contributed by atoms with van der Waals surface area (Å²) in [6, 6.07) is 14.4. The summed E-state index contributed by atoms with van der Waals surface area (Å²) in [4.78, 5) is 26.1. The van der Waals surface area contributed by atoms with Gasteiger partial charge in [0, 0.05) is 18.5 Å². The summed E-state index contributed by atoms with van der Waals surface area (Å²) < 4.78 is 6.12. The molecule has 0 amide bonds. The van der Waals surface area contributed by atoms with Crippen LogP contribution in [0.2, 0.25) is 0 Å². The van der Waals surface area contributed by atoms with Gasteiger partial charge in [0.25, 0.3) is 0 Å². The minimum Gasteiger partial charge on any atom is -0.458 e. The van der Waals surface area contributed by atoms with Crippen molar-refractivity contribution in [3.8, 4) is 0 Å². The van der Waals surface area contributed by atoms with Gasteiger partial charge in [0.15, 0.2) is 5.78 Å². The largest absolute Gasteiger partial charge is 0.458 e. The molecule has 4 aliphatic carbocycles. The fraction of sp³-hybridized carbons (Fsp3) is 0.611. The van der Waals surface area contributed by atoms with Crippen molar-refractivity contribution in [2.45, 2.75) is 98.3 Å². The van der Waals surface area contributed by atoms with Crippen molar-refractivity contribution < 1.29 is 19.4 Å². The molecule has 0 spiro atoms. The van der Waals surface area contributed by atoms with Crippen molar-refractivity contribution in [2.75, 3.05) is 0 Å². The van der Waals surface area contributed by atoms with Gasteiger partial charge in [0.05, 0.1) is 6.10 Å². The molecule has 2 aromatic carbocycles. The SMILES string of the molecule is CC(=O)O[C@H]1C[C@@]2(C)C(C[C@@H](N)[C@H]3[C@@]4(C)CC[C@@H](O)[C@@H](C)[C@@H]4CC[C@@]32C)/C1=C(/C(C)=O)c1ccc2ccccc2c1. The second kappa shape index (κ2) is 9.77. The molecule has 4 fully saturated rings. The number of hydrogen-bond acceptors (Lipinski definition) is 5. The predicted octanol–water partition coefficient (Wildman–Crippen LogP) is 6.70. The van der Waals surface area contributed by atoms with Crippen molar-refractivity contribution in [3.05, 3.63) is 53.6 Å². The second-order valence-corrected chi connectivity index (χ2v) is 14.6. The van der Waals surface area contributed by atoms with Crippen molar-refractivity contribution in [3.63, 3.8) is 0 Å². The Bertz CT molecular complexity index is 1430. The number of aliphatic hydroxyl groups is 1. The van der Waals surface area contributed by atoms with Crippen LogP contribution in [0.3, 0.4) is 0 Å². The van der Waals surface area contributed by atoms with E-state index in [-0.39, 0.29) is 52.0 Å².